The van der Waals surface area contributed by atoms with Crippen molar-refractivity contribution in [1.82, 2.24) is 0 Å². The molecule has 0 spiro atoms. The summed E-state index contributed by atoms with van der Waals surface area (Å²) in [6.45, 7) is 6.72. The fourth-order valence-electron chi connectivity index (χ4n) is 1.17. The molecule has 2 aromatic rings. The Morgan fingerprint density at radius 3 is 2.86 bits per heavy atom. The van der Waals surface area contributed by atoms with Gasteiger partial charge in [-0.05, 0) is 18.2 Å². The van der Waals surface area contributed by atoms with Gasteiger partial charge in [-0.15, -0.1) is 0 Å². The molecule has 1 aromatic carbocycles. The van der Waals surface area contributed by atoms with E-state index in [0.717, 1.165) is 0 Å². The van der Waals surface area contributed by atoms with Crippen LogP contribution >= 0.6 is 0 Å². The number of benzene rings is 1. The summed E-state index contributed by atoms with van der Waals surface area (Å²) < 4.78 is 4.84. The summed E-state index contributed by atoms with van der Waals surface area (Å²) in [5, 5.41) is 9.74. The SMILES string of the molecule is [C-]#[N+]c1cc2ccc(O)cc2oc1=O. The first-order valence-electron chi connectivity index (χ1n) is 3.85. The number of phenols is 1. The van der Waals surface area contributed by atoms with Crippen molar-refractivity contribution in [2.45, 2.75) is 0 Å². The molecule has 2 rings (SSSR count). The standard InChI is InChI=1S/C10H5NO3/c1-11-8-4-6-2-3-7(12)5-9(6)14-10(8)13/h2-5,12H. The molecule has 0 aliphatic carbocycles. The third kappa shape index (κ3) is 1.21. The Morgan fingerprint density at radius 2 is 2.14 bits per heavy atom. The summed E-state index contributed by atoms with van der Waals surface area (Å²) in [6, 6.07) is 5.83. The molecule has 0 atom stereocenters. The van der Waals surface area contributed by atoms with Gasteiger partial charge in [-0.2, -0.15) is 0 Å². The van der Waals surface area contributed by atoms with E-state index in [1.54, 1.807) is 6.07 Å². The highest BCUT2D eigenvalue weighted by Crippen LogP contribution is 2.21. The maximum absolute atomic E-state index is 11.1. The van der Waals surface area contributed by atoms with Gasteiger partial charge in [0.1, 0.15) is 11.3 Å². The third-order valence-corrected chi connectivity index (χ3v) is 1.82. The van der Waals surface area contributed by atoms with Gasteiger partial charge < -0.3 is 9.52 Å². The van der Waals surface area contributed by atoms with Crippen LogP contribution in [0.25, 0.3) is 15.8 Å². The van der Waals surface area contributed by atoms with Gasteiger partial charge in [-0.1, -0.05) is 0 Å². The van der Waals surface area contributed by atoms with Crippen LogP contribution in [0, 0.1) is 6.57 Å². The fraction of sp³-hybridized carbons (Fsp3) is 0. The Hall–Kier alpha value is -2.28. The molecule has 0 radical (unpaired) electrons. The molecule has 0 saturated heterocycles. The average molecular weight is 187 g/mol. The van der Waals surface area contributed by atoms with E-state index in [2.05, 4.69) is 4.85 Å². The number of phenolic OH excluding ortho intramolecular Hbond substituents is 1. The lowest BCUT2D eigenvalue weighted by atomic mass is 10.2. The summed E-state index contributed by atoms with van der Waals surface area (Å²) in [5.74, 6) is 0.0243. The minimum atomic E-state index is -0.682. The Labute approximate surface area is 78.8 Å². The minimum Gasteiger partial charge on any atom is -0.508 e. The molecule has 14 heavy (non-hydrogen) atoms. The molecule has 0 fully saturated rings. The number of nitrogens with zero attached hydrogens (tertiary/aromatic N) is 1. The summed E-state index contributed by atoms with van der Waals surface area (Å²) in [5.41, 5.74) is -0.455. The van der Waals surface area contributed by atoms with Crippen LogP contribution in [0.2, 0.25) is 0 Å². The molecule has 4 nitrogen and oxygen atoms in total. The fourth-order valence-corrected chi connectivity index (χ4v) is 1.17. The minimum absolute atomic E-state index is 0.0243. The van der Waals surface area contributed by atoms with Gasteiger partial charge in [-0.25, -0.2) is 4.85 Å². The predicted molar refractivity (Wildman–Crippen MR) is 50.4 cm³/mol. The number of aromatic hydroxyl groups is 1. The molecule has 0 aliphatic rings. The van der Waals surface area contributed by atoms with Crippen LogP contribution < -0.4 is 5.63 Å². The molecule has 1 N–H and O–H groups in total. The molecule has 4 heteroatoms. The van der Waals surface area contributed by atoms with Crippen molar-refractivity contribution in [2.75, 3.05) is 0 Å². The van der Waals surface area contributed by atoms with Gasteiger partial charge in [0, 0.05) is 11.5 Å². The monoisotopic (exact) mass is 187 g/mol. The number of hydrogen-bond acceptors (Lipinski definition) is 3. The van der Waals surface area contributed by atoms with Crippen molar-refractivity contribution in [3.05, 3.63) is 46.1 Å². The highest BCUT2D eigenvalue weighted by molar-refractivity contribution is 5.80. The molecule has 1 aromatic heterocycles. The molecule has 0 unspecified atom stereocenters. The topological polar surface area (TPSA) is 54.8 Å². The second-order valence-electron chi connectivity index (χ2n) is 2.75. The first-order chi connectivity index (χ1) is 6.70. The maximum Gasteiger partial charge on any atom is 0.341 e. The van der Waals surface area contributed by atoms with E-state index in [1.807, 2.05) is 0 Å². The average Bonchev–Trinajstić information content (AvgIpc) is 2.16. The van der Waals surface area contributed by atoms with Crippen LogP contribution in [-0.2, 0) is 0 Å². The number of fused-ring (bicyclic) bond motifs is 1. The zero-order valence-electron chi connectivity index (χ0n) is 7.02. The number of rotatable bonds is 0. The van der Waals surface area contributed by atoms with Crippen LogP contribution in [0.1, 0.15) is 0 Å². The largest absolute Gasteiger partial charge is 0.508 e. The van der Waals surface area contributed by atoms with Gasteiger partial charge in [0.2, 0.25) is 0 Å². The van der Waals surface area contributed by atoms with Crippen LogP contribution in [0.15, 0.2) is 33.5 Å². The van der Waals surface area contributed by atoms with Crippen LogP contribution in [0.4, 0.5) is 5.69 Å². The first kappa shape index (κ1) is 8.32. The summed E-state index contributed by atoms with van der Waals surface area (Å²) in [6.07, 6.45) is 0. The van der Waals surface area contributed by atoms with Crippen molar-refractivity contribution in [3.8, 4) is 5.75 Å². The van der Waals surface area contributed by atoms with E-state index in [-0.39, 0.29) is 17.0 Å². The molecule has 0 aliphatic heterocycles. The van der Waals surface area contributed by atoms with Gasteiger partial charge in [-0.3, -0.25) is 4.79 Å². The zero-order chi connectivity index (χ0) is 10.1. The Morgan fingerprint density at radius 1 is 1.36 bits per heavy atom. The summed E-state index contributed by atoms with van der Waals surface area (Å²) in [7, 11) is 0. The van der Waals surface area contributed by atoms with Crippen LogP contribution in [0.5, 0.6) is 5.75 Å². The van der Waals surface area contributed by atoms with E-state index in [9.17, 15) is 4.79 Å². The smallest absolute Gasteiger partial charge is 0.341 e. The van der Waals surface area contributed by atoms with Crippen LogP contribution in [-0.4, -0.2) is 5.11 Å². The maximum atomic E-state index is 11.1. The molecular formula is C10H5NO3. The Balaban J connectivity index is 2.88. The highest BCUT2D eigenvalue weighted by atomic mass is 16.4. The third-order valence-electron chi connectivity index (χ3n) is 1.82. The molecule has 0 bridgehead atoms. The first-order valence-corrected chi connectivity index (χ1v) is 3.85. The molecule has 0 saturated carbocycles. The molecule has 0 amide bonds. The summed E-state index contributed by atoms with van der Waals surface area (Å²) >= 11 is 0. The van der Waals surface area contributed by atoms with E-state index in [1.165, 1.54) is 18.2 Å². The van der Waals surface area contributed by atoms with Gasteiger partial charge >= 0.3 is 5.63 Å². The Kier molecular flexibility index (Phi) is 1.72. The second-order valence-corrected chi connectivity index (χ2v) is 2.75. The normalized spacial score (nSPS) is 9.93. The van der Waals surface area contributed by atoms with Crippen molar-refractivity contribution in [2.24, 2.45) is 0 Å². The van der Waals surface area contributed by atoms with Crippen molar-refractivity contribution in [3.63, 3.8) is 0 Å². The molecule has 68 valence electrons. The van der Waals surface area contributed by atoms with E-state index < -0.39 is 5.63 Å². The van der Waals surface area contributed by atoms with Crippen molar-refractivity contribution < 1.29 is 9.52 Å². The van der Waals surface area contributed by atoms with Gasteiger partial charge in [0.25, 0.3) is 5.69 Å². The quantitative estimate of drug-likeness (QED) is 0.507. The van der Waals surface area contributed by atoms with E-state index in [0.29, 0.717) is 5.39 Å². The highest BCUT2D eigenvalue weighted by Gasteiger charge is 2.04. The lowest BCUT2D eigenvalue weighted by molar-refractivity contribution is 0.473. The molecule has 1 heterocycles. The summed E-state index contributed by atoms with van der Waals surface area (Å²) in [4.78, 5) is 14.1. The van der Waals surface area contributed by atoms with E-state index >= 15 is 0 Å². The lowest BCUT2D eigenvalue weighted by Gasteiger charge is -1.97. The van der Waals surface area contributed by atoms with Crippen LogP contribution in [0.3, 0.4) is 0 Å². The second kappa shape index (κ2) is 2.89. The molecular weight excluding hydrogens is 182 g/mol. The predicted octanol–water partition coefficient (Wildman–Crippen LogP) is 2.05. The lowest BCUT2D eigenvalue weighted by Crippen LogP contribution is -1.95. The van der Waals surface area contributed by atoms with E-state index in [4.69, 9.17) is 16.1 Å². The van der Waals surface area contributed by atoms with Crippen molar-refractivity contribution in [1.29, 1.82) is 0 Å². The van der Waals surface area contributed by atoms with Gasteiger partial charge in [0.15, 0.2) is 0 Å². The number of hydrogen-bond donors (Lipinski definition) is 1. The van der Waals surface area contributed by atoms with Gasteiger partial charge in [0.05, 0.1) is 6.57 Å². The Bertz CT molecular complexity index is 592. The van der Waals surface area contributed by atoms with Crippen molar-refractivity contribution >= 4 is 16.7 Å². The zero-order valence-corrected chi connectivity index (χ0v) is 7.02.